The monoisotopic (exact) mass is 329 g/mol. The Morgan fingerprint density at radius 1 is 0.917 bits per heavy atom. The first-order valence-corrected chi connectivity index (χ1v) is 9.57. The Balaban J connectivity index is 1.40. The lowest BCUT2D eigenvalue weighted by Gasteiger charge is -2.25. The van der Waals surface area contributed by atoms with E-state index in [9.17, 15) is 4.79 Å². The highest BCUT2D eigenvalue weighted by molar-refractivity contribution is 5.78. The van der Waals surface area contributed by atoms with Crippen LogP contribution in [0.3, 0.4) is 0 Å². The van der Waals surface area contributed by atoms with E-state index in [1.165, 1.54) is 24.8 Å². The molecule has 1 aromatic carbocycles. The molecular weight excluding hydrogens is 298 g/mol. The van der Waals surface area contributed by atoms with Crippen molar-refractivity contribution in [3.05, 3.63) is 35.9 Å². The van der Waals surface area contributed by atoms with Crippen molar-refractivity contribution >= 4 is 5.91 Å². The zero-order chi connectivity index (χ0) is 16.6. The first-order valence-electron chi connectivity index (χ1n) is 9.57. The minimum atomic E-state index is 0.221. The molecule has 0 bridgehead atoms. The minimum absolute atomic E-state index is 0.221. The number of benzene rings is 1. The summed E-state index contributed by atoms with van der Waals surface area (Å²) in [5.74, 6) is 0.221. The van der Waals surface area contributed by atoms with Gasteiger partial charge in [0.25, 0.3) is 0 Å². The van der Waals surface area contributed by atoms with Gasteiger partial charge in [0.1, 0.15) is 0 Å². The molecule has 4 heteroatoms. The molecule has 1 saturated carbocycles. The SMILES string of the molecule is O=C(CN1CCCN(Cc2ccccc2)CC1)NC1CCCCC1. The molecule has 1 aliphatic heterocycles. The molecule has 1 aromatic rings. The van der Waals surface area contributed by atoms with Crippen molar-refractivity contribution in [1.82, 2.24) is 15.1 Å². The van der Waals surface area contributed by atoms with Crippen LogP contribution in [-0.2, 0) is 11.3 Å². The highest BCUT2D eigenvalue weighted by Gasteiger charge is 2.20. The molecule has 2 fully saturated rings. The average molecular weight is 329 g/mol. The van der Waals surface area contributed by atoms with Gasteiger partial charge in [-0.25, -0.2) is 0 Å². The second kappa shape index (κ2) is 9.19. The second-order valence-corrected chi connectivity index (χ2v) is 7.29. The first kappa shape index (κ1) is 17.4. The number of hydrogen-bond acceptors (Lipinski definition) is 3. The summed E-state index contributed by atoms with van der Waals surface area (Å²) in [6.45, 7) is 5.77. The van der Waals surface area contributed by atoms with Gasteiger partial charge in [-0.3, -0.25) is 14.6 Å². The molecule has 4 nitrogen and oxygen atoms in total. The van der Waals surface area contributed by atoms with E-state index in [2.05, 4.69) is 45.4 Å². The van der Waals surface area contributed by atoms with Crippen molar-refractivity contribution in [2.24, 2.45) is 0 Å². The van der Waals surface area contributed by atoms with Crippen molar-refractivity contribution in [3.8, 4) is 0 Å². The predicted molar refractivity (Wildman–Crippen MR) is 97.8 cm³/mol. The van der Waals surface area contributed by atoms with E-state index in [0.29, 0.717) is 12.6 Å². The molecule has 0 atom stereocenters. The Kier molecular flexibility index (Phi) is 6.67. The fourth-order valence-corrected chi connectivity index (χ4v) is 3.91. The van der Waals surface area contributed by atoms with Crippen LogP contribution < -0.4 is 5.32 Å². The Morgan fingerprint density at radius 2 is 1.62 bits per heavy atom. The smallest absolute Gasteiger partial charge is 0.234 e. The van der Waals surface area contributed by atoms with Gasteiger partial charge >= 0.3 is 0 Å². The van der Waals surface area contributed by atoms with Crippen LogP contribution in [0, 0.1) is 0 Å². The van der Waals surface area contributed by atoms with Gasteiger partial charge < -0.3 is 5.32 Å². The average Bonchev–Trinajstić information content (AvgIpc) is 2.82. The van der Waals surface area contributed by atoms with Crippen molar-refractivity contribution in [2.75, 3.05) is 32.7 Å². The molecule has 132 valence electrons. The fourth-order valence-electron chi connectivity index (χ4n) is 3.91. The normalized spacial score (nSPS) is 21.3. The highest BCUT2D eigenvalue weighted by atomic mass is 16.2. The van der Waals surface area contributed by atoms with Crippen LogP contribution in [0.15, 0.2) is 30.3 Å². The summed E-state index contributed by atoms with van der Waals surface area (Å²) in [6.07, 6.45) is 7.33. The van der Waals surface area contributed by atoms with E-state index in [1.807, 2.05) is 0 Å². The summed E-state index contributed by atoms with van der Waals surface area (Å²) in [7, 11) is 0. The maximum atomic E-state index is 12.3. The molecule has 1 amide bonds. The van der Waals surface area contributed by atoms with E-state index >= 15 is 0 Å². The Labute approximate surface area is 146 Å². The Hall–Kier alpha value is -1.39. The summed E-state index contributed by atoms with van der Waals surface area (Å²) >= 11 is 0. The lowest BCUT2D eigenvalue weighted by Crippen LogP contribution is -2.43. The van der Waals surface area contributed by atoms with E-state index in [0.717, 1.165) is 52.0 Å². The van der Waals surface area contributed by atoms with Gasteiger partial charge in [-0.2, -0.15) is 0 Å². The molecule has 2 aliphatic rings. The lowest BCUT2D eigenvalue weighted by atomic mass is 9.95. The second-order valence-electron chi connectivity index (χ2n) is 7.29. The first-order chi connectivity index (χ1) is 11.8. The highest BCUT2D eigenvalue weighted by Crippen LogP contribution is 2.17. The van der Waals surface area contributed by atoms with Gasteiger partial charge in [-0.1, -0.05) is 49.6 Å². The summed E-state index contributed by atoms with van der Waals surface area (Å²) in [5.41, 5.74) is 1.38. The van der Waals surface area contributed by atoms with Crippen LogP contribution in [0.5, 0.6) is 0 Å². The number of rotatable bonds is 5. The topological polar surface area (TPSA) is 35.6 Å². The lowest BCUT2D eigenvalue weighted by molar-refractivity contribution is -0.123. The molecule has 0 radical (unpaired) electrons. The van der Waals surface area contributed by atoms with Crippen molar-refractivity contribution < 1.29 is 4.79 Å². The van der Waals surface area contributed by atoms with Crippen LogP contribution >= 0.6 is 0 Å². The molecule has 3 rings (SSSR count). The predicted octanol–water partition coefficient (Wildman–Crippen LogP) is 2.64. The van der Waals surface area contributed by atoms with Crippen molar-refractivity contribution in [1.29, 1.82) is 0 Å². The van der Waals surface area contributed by atoms with Crippen LogP contribution in [0.2, 0.25) is 0 Å². The quantitative estimate of drug-likeness (QED) is 0.902. The van der Waals surface area contributed by atoms with Gasteiger partial charge in [0, 0.05) is 25.7 Å². The van der Waals surface area contributed by atoms with Crippen molar-refractivity contribution in [2.45, 2.75) is 51.1 Å². The number of nitrogens with zero attached hydrogens (tertiary/aromatic N) is 2. The fraction of sp³-hybridized carbons (Fsp3) is 0.650. The van der Waals surface area contributed by atoms with Gasteiger partial charge in [-0.05, 0) is 37.9 Å². The third-order valence-corrected chi connectivity index (χ3v) is 5.27. The molecule has 1 aliphatic carbocycles. The van der Waals surface area contributed by atoms with E-state index in [4.69, 9.17) is 0 Å². The van der Waals surface area contributed by atoms with E-state index in [-0.39, 0.29) is 5.91 Å². The van der Waals surface area contributed by atoms with E-state index in [1.54, 1.807) is 0 Å². The summed E-state index contributed by atoms with van der Waals surface area (Å²) in [4.78, 5) is 17.1. The maximum absolute atomic E-state index is 12.3. The largest absolute Gasteiger partial charge is 0.352 e. The maximum Gasteiger partial charge on any atom is 0.234 e. The van der Waals surface area contributed by atoms with E-state index < -0.39 is 0 Å². The van der Waals surface area contributed by atoms with Crippen molar-refractivity contribution in [3.63, 3.8) is 0 Å². The number of carbonyl (C=O) groups is 1. The Bertz CT molecular complexity index is 499. The molecular formula is C20H31N3O. The summed E-state index contributed by atoms with van der Waals surface area (Å²) in [6, 6.07) is 11.1. The Morgan fingerprint density at radius 3 is 2.42 bits per heavy atom. The summed E-state index contributed by atoms with van der Waals surface area (Å²) < 4.78 is 0. The third-order valence-electron chi connectivity index (χ3n) is 5.27. The molecule has 1 heterocycles. The van der Waals surface area contributed by atoms with Gasteiger partial charge in [0.05, 0.1) is 6.54 Å². The summed E-state index contributed by atoms with van der Waals surface area (Å²) in [5, 5.41) is 3.24. The van der Waals surface area contributed by atoms with Gasteiger partial charge in [-0.15, -0.1) is 0 Å². The zero-order valence-corrected chi connectivity index (χ0v) is 14.8. The van der Waals surface area contributed by atoms with Crippen LogP contribution in [0.4, 0.5) is 0 Å². The van der Waals surface area contributed by atoms with Crippen LogP contribution in [-0.4, -0.2) is 54.5 Å². The third kappa shape index (κ3) is 5.60. The van der Waals surface area contributed by atoms with Crippen LogP contribution in [0.1, 0.15) is 44.1 Å². The molecule has 0 spiro atoms. The number of carbonyl (C=O) groups excluding carboxylic acids is 1. The molecule has 1 saturated heterocycles. The molecule has 0 unspecified atom stereocenters. The van der Waals surface area contributed by atoms with Crippen LogP contribution in [0.25, 0.3) is 0 Å². The number of amides is 1. The zero-order valence-electron chi connectivity index (χ0n) is 14.8. The molecule has 0 aromatic heterocycles. The van der Waals surface area contributed by atoms with Gasteiger partial charge in [0.15, 0.2) is 0 Å². The van der Waals surface area contributed by atoms with Gasteiger partial charge in [0.2, 0.25) is 5.91 Å². The molecule has 24 heavy (non-hydrogen) atoms. The minimum Gasteiger partial charge on any atom is -0.352 e. The number of hydrogen-bond donors (Lipinski definition) is 1. The number of nitrogens with one attached hydrogen (secondary N) is 1. The molecule has 1 N–H and O–H groups in total. The standard InChI is InChI=1S/C20H31N3O/c24-20(21-19-10-5-2-6-11-19)17-23-13-7-12-22(14-15-23)16-18-8-3-1-4-9-18/h1,3-4,8-9,19H,2,5-7,10-17H2,(H,21,24).